The van der Waals surface area contributed by atoms with Gasteiger partial charge in [0.25, 0.3) is 5.91 Å². The predicted molar refractivity (Wildman–Crippen MR) is 101 cm³/mol. The summed E-state index contributed by atoms with van der Waals surface area (Å²) in [4.78, 5) is 19.7. The highest BCUT2D eigenvalue weighted by Gasteiger charge is 2.07. The maximum atomic E-state index is 12.1. The molecule has 3 rings (SSSR count). The van der Waals surface area contributed by atoms with Gasteiger partial charge in [-0.3, -0.25) is 4.79 Å². The molecule has 0 aliphatic rings. The highest BCUT2D eigenvalue weighted by molar-refractivity contribution is 5.97. The van der Waals surface area contributed by atoms with Crippen LogP contribution in [-0.4, -0.2) is 28.3 Å². The fourth-order valence-corrected chi connectivity index (χ4v) is 2.40. The third-order valence-electron chi connectivity index (χ3n) is 3.80. The minimum Gasteiger partial charge on any atom is -0.352 e. The van der Waals surface area contributed by atoms with Crippen LogP contribution in [-0.2, 0) is 6.54 Å². The van der Waals surface area contributed by atoms with E-state index >= 15 is 0 Å². The molecule has 1 aromatic heterocycles. The number of carbonyl (C=O) groups is 1. The van der Waals surface area contributed by atoms with Gasteiger partial charge in [-0.2, -0.15) is 5.10 Å². The number of nitrogens with one attached hydrogen (secondary N) is 4. The van der Waals surface area contributed by atoms with Gasteiger partial charge in [-0.05, 0) is 29.8 Å². The number of para-hydroxylation sites is 2. The van der Waals surface area contributed by atoms with Crippen molar-refractivity contribution in [3.8, 4) is 0 Å². The van der Waals surface area contributed by atoms with Gasteiger partial charge in [-0.1, -0.05) is 24.3 Å². The Kier molecular flexibility index (Phi) is 5.30. The molecule has 0 radical (unpaired) electrons. The van der Waals surface area contributed by atoms with E-state index in [1.807, 2.05) is 36.4 Å². The Balaban J connectivity index is 1.56. The van der Waals surface area contributed by atoms with Crippen LogP contribution >= 0.6 is 0 Å². The maximum Gasteiger partial charge on any atom is 0.251 e. The standard InChI is InChI=1S/C17H20N8O/c18-24-15(25-19)10-20-16(26)12-7-5-11(6-8-12)9-21-17-22-13-3-1-2-4-14(13)23-17/h1-8H,9-10,18-19H2,(H,20,26)(H,24,25)(H2,21,22,23). The number of amidine groups is 1. The number of hydrogen-bond donors (Lipinski definition) is 6. The van der Waals surface area contributed by atoms with Crippen molar-refractivity contribution >= 4 is 28.7 Å². The number of benzene rings is 2. The van der Waals surface area contributed by atoms with E-state index in [4.69, 9.17) is 11.7 Å². The minimum atomic E-state index is -0.238. The minimum absolute atomic E-state index is 0.126. The molecule has 1 amide bonds. The van der Waals surface area contributed by atoms with Crippen LogP contribution in [0.3, 0.4) is 0 Å². The topological polar surface area (TPSA) is 146 Å². The molecule has 9 nitrogen and oxygen atoms in total. The Morgan fingerprint density at radius 1 is 1.15 bits per heavy atom. The second-order valence-electron chi connectivity index (χ2n) is 5.56. The predicted octanol–water partition coefficient (Wildman–Crippen LogP) is 0.640. The molecule has 0 bridgehead atoms. The molecule has 3 aromatic rings. The number of nitrogens with zero attached hydrogens (tertiary/aromatic N) is 2. The first-order chi connectivity index (χ1) is 12.7. The molecule has 0 saturated heterocycles. The van der Waals surface area contributed by atoms with Gasteiger partial charge < -0.3 is 26.9 Å². The van der Waals surface area contributed by atoms with Gasteiger partial charge in [0, 0.05) is 12.1 Å². The van der Waals surface area contributed by atoms with Crippen LogP contribution in [0.25, 0.3) is 11.0 Å². The van der Waals surface area contributed by atoms with Crippen molar-refractivity contribution in [3.63, 3.8) is 0 Å². The molecule has 0 unspecified atom stereocenters. The quantitative estimate of drug-likeness (QED) is 0.166. The number of hydrogen-bond acceptors (Lipinski definition) is 6. The van der Waals surface area contributed by atoms with Gasteiger partial charge >= 0.3 is 0 Å². The summed E-state index contributed by atoms with van der Waals surface area (Å²) in [6, 6.07) is 15.1. The number of H-pyrrole nitrogens is 1. The molecule has 0 aliphatic heterocycles. The van der Waals surface area contributed by atoms with E-state index in [1.165, 1.54) is 0 Å². The van der Waals surface area contributed by atoms with E-state index in [1.54, 1.807) is 12.1 Å². The van der Waals surface area contributed by atoms with Gasteiger partial charge in [-0.25, -0.2) is 10.8 Å². The molecule has 8 N–H and O–H groups in total. The SMILES string of the molecule is NN=C(CNC(=O)c1ccc(CNc2nc3ccccc3[nH]2)cc1)NN. The first kappa shape index (κ1) is 17.2. The lowest BCUT2D eigenvalue weighted by Gasteiger charge is -2.08. The molecule has 0 saturated carbocycles. The Hall–Kier alpha value is -3.59. The summed E-state index contributed by atoms with van der Waals surface area (Å²) in [6.07, 6.45) is 0. The van der Waals surface area contributed by atoms with Gasteiger partial charge in [-0.15, -0.1) is 0 Å². The van der Waals surface area contributed by atoms with Crippen molar-refractivity contribution < 1.29 is 4.79 Å². The van der Waals surface area contributed by atoms with Crippen molar-refractivity contribution in [2.24, 2.45) is 16.8 Å². The third-order valence-corrected chi connectivity index (χ3v) is 3.80. The summed E-state index contributed by atoms with van der Waals surface area (Å²) in [5, 5.41) is 9.31. The monoisotopic (exact) mass is 352 g/mol. The van der Waals surface area contributed by atoms with Crippen LogP contribution in [0.5, 0.6) is 0 Å². The molecule has 2 aromatic carbocycles. The highest BCUT2D eigenvalue weighted by Crippen LogP contribution is 2.14. The average molecular weight is 352 g/mol. The molecule has 1 heterocycles. The number of imidazole rings is 1. The number of aromatic nitrogens is 2. The van der Waals surface area contributed by atoms with E-state index in [9.17, 15) is 4.79 Å². The fourth-order valence-electron chi connectivity index (χ4n) is 2.40. The smallest absolute Gasteiger partial charge is 0.251 e. The van der Waals surface area contributed by atoms with Crippen LogP contribution in [0, 0.1) is 0 Å². The molecule has 134 valence electrons. The van der Waals surface area contributed by atoms with Gasteiger partial charge in [0.1, 0.15) is 0 Å². The Labute approximate surface area is 149 Å². The lowest BCUT2D eigenvalue weighted by molar-refractivity contribution is 0.0959. The van der Waals surface area contributed by atoms with Gasteiger partial charge in [0.15, 0.2) is 5.84 Å². The molecule has 9 heteroatoms. The van der Waals surface area contributed by atoms with Crippen molar-refractivity contribution in [2.75, 3.05) is 11.9 Å². The van der Waals surface area contributed by atoms with Crippen LogP contribution in [0.15, 0.2) is 53.6 Å². The molecule has 0 atom stereocenters. The number of fused-ring (bicyclic) bond motifs is 1. The number of amides is 1. The van der Waals surface area contributed by atoms with Gasteiger partial charge in [0.05, 0.1) is 17.6 Å². The molecule has 0 spiro atoms. The third kappa shape index (κ3) is 4.08. The lowest BCUT2D eigenvalue weighted by atomic mass is 10.1. The molecule has 26 heavy (non-hydrogen) atoms. The first-order valence-corrected chi connectivity index (χ1v) is 7.98. The summed E-state index contributed by atoms with van der Waals surface area (Å²) >= 11 is 0. The van der Waals surface area contributed by atoms with Crippen LogP contribution in [0.2, 0.25) is 0 Å². The summed E-state index contributed by atoms with van der Waals surface area (Å²) in [5.41, 5.74) is 5.75. The summed E-state index contributed by atoms with van der Waals surface area (Å²) < 4.78 is 0. The second-order valence-corrected chi connectivity index (χ2v) is 5.56. The van der Waals surface area contributed by atoms with Crippen LogP contribution < -0.4 is 27.7 Å². The highest BCUT2D eigenvalue weighted by atomic mass is 16.1. The van der Waals surface area contributed by atoms with Crippen LogP contribution in [0.4, 0.5) is 5.95 Å². The zero-order valence-electron chi connectivity index (χ0n) is 14.0. The van der Waals surface area contributed by atoms with E-state index in [0.717, 1.165) is 16.6 Å². The van der Waals surface area contributed by atoms with Crippen molar-refractivity contribution in [1.82, 2.24) is 20.7 Å². The van der Waals surface area contributed by atoms with Crippen molar-refractivity contribution in [3.05, 3.63) is 59.7 Å². The number of hydrazone groups is 1. The van der Waals surface area contributed by atoms with E-state index < -0.39 is 0 Å². The number of hydrazine groups is 1. The van der Waals surface area contributed by atoms with E-state index in [0.29, 0.717) is 18.1 Å². The Morgan fingerprint density at radius 2 is 1.92 bits per heavy atom. The molecular weight excluding hydrogens is 332 g/mol. The normalized spacial score (nSPS) is 11.3. The van der Waals surface area contributed by atoms with Crippen molar-refractivity contribution in [1.29, 1.82) is 0 Å². The number of anilines is 1. The summed E-state index contributed by atoms with van der Waals surface area (Å²) in [7, 11) is 0. The summed E-state index contributed by atoms with van der Waals surface area (Å²) in [5.74, 6) is 11.1. The first-order valence-electron chi connectivity index (χ1n) is 7.98. The van der Waals surface area contributed by atoms with Crippen LogP contribution in [0.1, 0.15) is 15.9 Å². The Bertz CT molecular complexity index is 883. The van der Waals surface area contributed by atoms with Crippen molar-refractivity contribution in [2.45, 2.75) is 6.54 Å². The van der Waals surface area contributed by atoms with E-state index in [2.05, 4.69) is 31.1 Å². The zero-order valence-corrected chi connectivity index (χ0v) is 14.0. The van der Waals surface area contributed by atoms with Gasteiger partial charge in [0.2, 0.25) is 5.95 Å². The number of carbonyl (C=O) groups excluding carboxylic acids is 1. The largest absolute Gasteiger partial charge is 0.352 e. The average Bonchev–Trinajstić information content (AvgIpc) is 3.10. The maximum absolute atomic E-state index is 12.1. The van der Waals surface area contributed by atoms with E-state index in [-0.39, 0.29) is 18.3 Å². The lowest BCUT2D eigenvalue weighted by Crippen LogP contribution is -2.41. The fraction of sp³-hybridized carbons (Fsp3) is 0.118. The number of rotatable bonds is 6. The number of aromatic amines is 1. The number of nitrogens with two attached hydrogens (primary N) is 2. The second kappa shape index (κ2) is 7.99. The molecule has 0 aliphatic carbocycles. The summed E-state index contributed by atoms with van der Waals surface area (Å²) in [6.45, 7) is 0.712. The zero-order chi connectivity index (χ0) is 18.4. The Morgan fingerprint density at radius 3 is 2.62 bits per heavy atom. The molecular formula is C17H20N8O. The molecule has 0 fully saturated rings.